The molecule has 2 aromatic rings. The molecule has 0 unspecified atom stereocenters. The van der Waals surface area contributed by atoms with E-state index < -0.39 is 5.82 Å². The number of thioether (sulfide) groups is 1. The van der Waals surface area contributed by atoms with Crippen LogP contribution >= 0.6 is 11.8 Å². The van der Waals surface area contributed by atoms with Gasteiger partial charge in [0.2, 0.25) is 0 Å². The van der Waals surface area contributed by atoms with Crippen LogP contribution in [0.15, 0.2) is 58.2 Å². The van der Waals surface area contributed by atoms with Gasteiger partial charge in [-0.2, -0.15) is 0 Å². The highest BCUT2D eigenvalue weighted by Crippen LogP contribution is 2.33. The van der Waals surface area contributed by atoms with Crippen LogP contribution in [0.3, 0.4) is 0 Å². The normalized spacial score (nSPS) is 23.2. The largest absolute Gasteiger partial charge is 0.488 e. The first-order chi connectivity index (χ1) is 16.0. The molecule has 1 saturated carbocycles. The van der Waals surface area contributed by atoms with Crippen molar-refractivity contribution in [2.24, 2.45) is 18.7 Å². The Kier molecular flexibility index (Phi) is 7.39. The second kappa shape index (κ2) is 10.4. The SMILES string of the molecule is C=C(/C=C1/SCO/C1=C/N)CN[C@H]1CC[C@H](COc2c(F)cnc3ccc(=O)n(C)c23)CC1. The van der Waals surface area contributed by atoms with Crippen LogP contribution in [-0.2, 0) is 11.8 Å². The molecule has 0 bridgehead atoms. The van der Waals surface area contributed by atoms with Crippen molar-refractivity contribution in [3.05, 3.63) is 69.6 Å². The maximum absolute atomic E-state index is 14.5. The first-order valence-corrected chi connectivity index (χ1v) is 12.0. The number of aromatic nitrogens is 2. The highest BCUT2D eigenvalue weighted by atomic mass is 32.2. The van der Waals surface area contributed by atoms with Crippen molar-refractivity contribution < 1.29 is 13.9 Å². The molecule has 0 amide bonds. The van der Waals surface area contributed by atoms with Gasteiger partial charge >= 0.3 is 0 Å². The van der Waals surface area contributed by atoms with E-state index in [0.717, 1.165) is 42.4 Å². The third-order valence-corrected chi connectivity index (χ3v) is 6.99. The molecule has 3 heterocycles. The lowest BCUT2D eigenvalue weighted by molar-refractivity contribution is 0.188. The molecule has 1 saturated heterocycles. The van der Waals surface area contributed by atoms with Crippen molar-refractivity contribution in [1.29, 1.82) is 0 Å². The second-order valence-corrected chi connectivity index (χ2v) is 9.38. The minimum absolute atomic E-state index is 0.101. The number of hydrogen-bond donors (Lipinski definition) is 2. The van der Waals surface area contributed by atoms with E-state index >= 15 is 0 Å². The van der Waals surface area contributed by atoms with E-state index in [1.165, 1.54) is 16.8 Å². The Hall–Kier alpha value is -2.78. The van der Waals surface area contributed by atoms with E-state index in [4.69, 9.17) is 15.2 Å². The molecule has 0 aromatic carbocycles. The molecule has 2 aliphatic rings. The zero-order chi connectivity index (χ0) is 23.4. The lowest BCUT2D eigenvalue weighted by Gasteiger charge is -2.29. The monoisotopic (exact) mass is 472 g/mol. The summed E-state index contributed by atoms with van der Waals surface area (Å²) in [6.45, 7) is 5.25. The van der Waals surface area contributed by atoms with Crippen molar-refractivity contribution >= 4 is 22.8 Å². The number of nitrogens with zero attached hydrogens (tertiary/aromatic N) is 2. The van der Waals surface area contributed by atoms with E-state index in [2.05, 4.69) is 16.9 Å². The van der Waals surface area contributed by atoms with E-state index in [9.17, 15) is 9.18 Å². The Morgan fingerprint density at radius 2 is 2.21 bits per heavy atom. The first-order valence-electron chi connectivity index (χ1n) is 11.0. The summed E-state index contributed by atoms with van der Waals surface area (Å²) in [5.74, 6) is 1.17. The van der Waals surface area contributed by atoms with Gasteiger partial charge in [0.1, 0.15) is 17.2 Å². The Morgan fingerprint density at radius 1 is 1.42 bits per heavy atom. The fourth-order valence-electron chi connectivity index (χ4n) is 4.22. The van der Waals surface area contributed by atoms with Crippen molar-refractivity contribution in [3.8, 4) is 5.75 Å². The highest BCUT2D eigenvalue weighted by molar-refractivity contribution is 8.03. The lowest BCUT2D eigenvalue weighted by atomic mass is 9.86. The number of rotatable bonds is 7. The van der Waals surface area contributed by atoms with Crippen molar-refractivity contribution in [2.45, 2.75) is 31.7 Å². The molecule has 9 heteroatoms. The number of nitrogens with one attached hydrogen (secondary N) is 1. The minimum Gasteiger partial charge on any atom is -0.488 e. The Balaban J connectivity index is 1.28. The number of nitrogens with two attached hydrogens (primary N) is 1. The van der Waals surface area contributed by atoms with Crippen LogP contribution in [0.1, 0.15) is 25.7 Å². The number of pyridine rings is 2. The Labute approximate surface area is 196 Å². The third kappa shape index (κ3) is 5.42. The lowest BCUT2D eigenvalue weighted by Crippen LogP contribution is -2.35. The average molecular weight is 473 g/mol. The van der Waals surface area contributed by atoms with Gasteiger partial charge in [0, 0.05) is 31.9 Å². The van der Waals surface area contributed by atoms with Gasteiger partial charge < -0.3 is 25.1 Å². The molecule has 3 N–H and O–H groups in total. The number of ether oxygens (including phenoxy) is 2. The van der Waals surface area contributed by atoms with Gasteiger partial charge in [0.25, 0.3) is 5.56 Å². The average Bonchev–Trinajstić information content (AvgIpc) is 3.27. The third-order valence-electron chi connectivity index (χ3n) is 6.13. The van der Waals surface area contributed by atoms with Crippen LogP contribution in [0.25, 0.3) is 11.0 Å². The van der Waals surface area contributed by atoms with E-state index in [1.54, 1.807) is 24.9 Å². The standard InChI is InChI=1S/C24H29FN4O3S/c1-15(9-21-20(10-26)32-14-33-21)11-27-17-5-3-16(4-6-17)13-31-24-18(25)12-28-19-7-8-22(30)29(2)23(19)24/h7-10,12,16-17,27H,1,3-6,11,13-14,26H2,2H3/b20-10+,21-9+/t16-,17-. The summed E-state index contributed by atoms with van der Waals surface area (Å²) < 4.78 is 27.2. The van der Waals surface area contributed by atoms with Gasteiger partial charge in [-0.25, -0.2) is 4.39 Å². The maximum Gasteiger partial charge on any atom is 0.250 e. The minimum atomic E-state index is -0.551. The molecule has 7 nitrogen and oxygen atoms in total. The van der Waals surface area contributed by atoms with Gasteiger partial charge in [0.15, 0.2) is 11.6 Å². The van der Waals surface area contributed by atoms with Gasteiger partial charge in [-0.1, -0.05) is 18.3 Å². The molecule has 2 aromatic heterocycles. The molecule has 1 aliphatic carbocycles. The quantitative estimate of drug-likeness (QED) is 0.637. The van der Waals surface area contributed by atoms with E-state index in [-0.39, 0.29) is 11.3 Å². The highest BCUT2D eigenvalue weighted by Gasteiger charge is 2.23. The number of fused-ring (bicyclic) bond motifs is 1. The summed E-state index contributed by atoms with van der Waals surface area (Å²) >= 11 is 1.61. The van der Waals surface area contributed by atoms with Crippen LogP contribution in [0, 0.1) is 11.7 Å². The molecular weight excluding hydrogens is 443 g/mol. The number of aryl methyl sites for hydroxylation is 1. The predicted octanol–water partition coefficient (Wildman–Crippen LogP) is 3.56. The summed E-state index contributed by atoms with van der Waals surface area (Å²) in [6.07, 6.45) is 8.65. The van der Waals surface area contributed by atoms with E-state index in [0.29, 0.717) is 47.8 Å². The Bertz CT molecular complexity index is 1150. The van der Waals surface area contributed by atoms with Gasteiger partial charge in [0.05, 0.1) is 23.2 Å². The molecule has 0 atom stereocenters. The molecule has 0 radical (unpaired) electrons. The van der Waals surface area contributed by atoms with Gasteiger partial charge in [-0.15, -0.1) is 0 Å². The summed E-state index contributed by atoms with van der Waals surface area (Å²) in [4.78, 5) is 17.1. The van der Waals surface area contributed by atoms with Crippen LogP contribution in [-0.4, -0.2) is 34.7 Å². The van der Waals surface area contributed by atoms with Crippen LogP contribution in [0.4, 0.5) is 4.39 Å². The number of halogens is 1. The van der Waals surface area contributed by atoms with Crippen molar-refractivity contribution in [3.63, 3.8) is 0 Å². The summed E-state index contributed by atoms with van der Waals surface area (Å²) in [5, 5.41) is 3.58. The van der Waals surface area contributed by atoms with Crippen molar-refractivity contribution in [2.75, 3.05) is 19.1 Å². The number of hydrogen-bond acceptors (Lipinski definition) is 7. The molecule has 33 heavy (non-hydrogen) atoms. The maximum atomic E-state index is 14.5. The predicted molar refractivity (Wildman–Crippen MR) is 129 cm³/mol. The second-order valence-electron chi connectivity index (χ2n) is 8.41. The smallest absolute Gasteiger partial charge is 0.250 e. The fourth-order valence-corrected chi connectivity index (χ4v) is 5.05. The topological polar surface area (TPSA) is 91.4 Å². The molecule has 176 valence electrons. The van der Waals surface area contributed by atoms with Crippen LogP contribution in [0.5, 0.6) is 5.75 Å². The van der Waals surface area contributed by atoms with Crippen molar-refractivity contribution in [1.82, 2.24) is 14.9 Å². The van der Waals surface area contributed by atoms with Gasteiger partial charge in [-0.05, 0) is 49.3 Å². The zero-order valence-corrected chi connectivity index (χ0v) is 19.5. The van der Waals surface area contributed by atoms with Crippen LogP contribution < -0.4 is 21.3 Å². The molecule has 4 rings (SSSR count). The Morgan fingerprint density at radius 3 is 2.97 bits per heavy atom. The first kappa shape index (κ1) is 23.4. The molecular formula is C24H29FN4O3S. The summed E-state index contributed by atoms with van der Waals surface area (Å²) in [5.41, 5.74) is 7.27. The summed E-state index contributed by atoms with van der Waals surface area (Å²) in [7, 11) is 1.60. The molecule has 2 fully saturated rings. The molecule has 1 aliphatic heterocycles. The zero-order valence-electron chi connectivity index (χ0n) is 18.7. The fraction of sp³-hybridized carbons (Fsp3) is 0.417. The van der Waals surface area contributed by atoms with Gasteiger partial charge in [-0.3, -0.25) is 9.78 Å². The summed E-state index contributed by atoms with van der Waals surface area (Å²) in [6, 6.07) is 3.42. The van der Waals surface area contributed by atoms with Crippen LogP contribution in [0.2, 0.25) is 0 Å². The molecule has 0 spiro atoms. The van der Waals surface area contributed by atoms with E-state index in [1.807, 2.05) is 6.08 Å².